The molecule has 0 radical (unpaired) electrons. The summed E-state index contributed by atoms with van der Waals surface area (Å²) < 4.78 is 5.65. The number of rotatable bonds is 8. The van der Waals surface area contributed by atoms with Crippen LogP contribution in [-0.4, -0.2) is 21.7 Å². The number of anilines is 1. The third-order valence-corrected chi connectivity index (χ3v) is 4.47. The lowest BCUT2D eigenvalue weighted by atomic mass is 10.3. The van der Waals surface area contributed by atoms with Crippen molar-refractivity contribution in [3.05, 3.63) is 22.0 Å². The van der Waals surface area contributed by atoms with Crippen LogP contribution in [0.3, 0.4) is 0 Å². The number of aromatic nitrogens is 3. The fourth-order valence-corrected chi connectivity index (χ4v) is 2.71. The second kappa shape index (κ2) is 7.51. The number of hydrogen-bond donors (Lipinski definition) is 2. The summed E-state index contributed by atoms with van der Waals surface area (Å²) in [6.45, 7) is 9.25. The van der Waals surface area contributed by atoms with Crippen molar-refractivity contribution in [1.82, 2.24) is 20.5 Å². The monoisotopic (exact) mass is 309 g/mol. The van der Waals surface area contributed by atoms with Gasteiger partial charge in [-0.3, -0.25) is 0 Å². The largest absolute Gasteiger partial charge is 0.406 e. The zero-order valence-electron chi connectivity index (χ0n) is 13.0. The van der Waals surface area contributed by atoms with Crippen LogP contribution in [0.15, 0.2) is 10.6 Å². The van der Waals surface area contributed by atoms with E-state index in [0.717, 1.165) is 24.4 Å². The molecule has 21 heavy (non-hydrogen) atoms. The Morgan fingerprint density at radius 3 is 2.71 bits per heavy atom. The lowest BCUT2D eigenvalue weighted by molar-refractivity contribution is 0.421. The highest BCUT2D eigenvalue weighted by molar-refractivity contribution is 7.11. The van der Waals surface area contributed by atoms with E-state index in [0.29, 0.717) is 11.9 Å². The smallest absolute Gasteiger partial charge is 0.316 e. The standard InChI is InChI=1S/C14H23N5OS/c1-5-7-15-9(3)12-18-19-14(20-12)17-10(4)13-16-8-11(6-2)21-13/h8-10,15H,5-7H2,1-4H3,(H,17,19). The number of aryl methyl sites for hydroxylation is 1. The summed E-state index contributed by atoms with van der Waals surface area (Å²) in [7, 11) is 0. The molecule has 7 heteroatoms. The van der Waals surface area contributed by atoms with Crippen LogP contribution >= 0.6 is 11.3 Å². The van der Waals surface area contributed by atoms with Crippen molar-refractivity contribution in [2.45, 2.75) is 52.6 Å². The summed E-state index contributed by atoms with van der Waals surface area (Å²) in [5.74, 6) is 0.603. The molecule has 2 aromatic heterocycles. The number of hydrogen-bond acceptors (Lipinski definition) is 7. The third kappa shape index (κ3) is 4.25. The van der Waals surface area contributed by atoms with Crippen molar-refractivity contribution in [1.29, 1.82) is 0 Å². The van der Waals surface area contributed by atoms with Gasteiger partial charge in [-0.2, -0.15) is 0 Å². The summed E-state index contributed by atoms with van der Waals surface area (Å²) in [5.41, 5.74) is 0. The average molecular weight is 309 g/mol. The summed E-state index contributed by atoms with van der Waals surface area (Å²) in [4.78, 5) is 5.70. The molecule has 2 aromatic rings. The minimum atomic E-state index is 0.0579. The Kier molecular flexibility index (Phi) is 5.69. The summed E-state index contributed by atoms with van der Waals surface area (Å²) in [5, 5.41) is 15.7. The van der Waals surface area contributed by atoms with E-state index in [9.17, 15) is 0 Å². The fourth-order valence-electron chi connectivity index (χ4n) is 1.85. The van der Waals surface area contributed by atoms with Crippen LogP contribution in [0.4, 0.5) is 6.01 Å². The van der Waals surface area contributed by atoms with Gasteiger partial charge in [0.15, 0.2) is 0 Å². The van der Waals surface area contributed by atoms with Crippen LogP contribution in [0, 0.1) is 0 Å². The van der Waals surface area contributed by atoms with Gasteiger partial charge in [-0.15, -0.1) is 16.4 Å². The van der Waals surface area contributed by atoms with Gasteiger partial charge in [0, 0.05) is 11.1 Å². The van der Waals surface area contributed by atoms with Crippen molar-refractivity contribution in [3.8, 4) is 0 Å². The molecule has 0 aromatic carbocycles. The number of thiazole rings is 1. The Morgan fingerprint density at radius 1 is 1.24 bits per heavy atom. The van der Waals surface area contributed by atoms with E-state index in [1.807, 2.05) is 20.0 Å². The fraction of sp³-hybridized carbons (Fsp3) is 0.643. The van der Waals surface area contributed by atoms with E-state index in [4.69, 9.17) is 4.42 Å². The summed E-state index contributed by atoms with van der Waals surface area (Å²) >= 11 is 1.71. The van der Waals surface area contributed by atoms with Crippen molar-refractivity contribution in [2.24, 2.45) is 0 Å². The van der Waals surface area contributed by atoms with Crippen LogP contribution in [0.2, 0.25) is 0 Å². The molecule has 0 bridgehead atoms. The first kappa shape index (κ1) is 15.9. The second-order valence-electron chi connectivity index (χ2n) is 5.01. The first-order valence-electron chi connectivity index (χ1n) is 7.41. The summed E-state index contributed by atoms with van der Waals surface area (Å²) in [6, 6.07) is 0.563. The molecule has 2 rings (SSSR count). The van der Waals surface area contributed by atoms with E-state index in [-0.39, 0.29) is 12.1 Å². The zero-order valence-corrected chi connectivity index (χ0v) is 13.8. The van der Waals surface area contributed by atoms with Gasteiger partial charge in [0.25, 0.3) is 0 Å². The highest BCUT2D eigenvalue weighted by atomic mass is 32.1. The molecule has 116 valence electrons. The Morgan fingerprint density at radius 2 is 2.05 bits per heavy atom. The highest BCUT2D eigenvalue weighted by Crippen LogP contribution is 2.24. The van der Waals surface area contributed by atoms with Crippen molar-refractivity contribution < 1.29 is 4.42 Å². The maximum Gasteiger partial charge on any atom is 0.316 e. The summed E-state index contributed by atoms with van der Waals surface area (Å²) in [6.07, 6.45) is 4.01. The Bertz CT molecular complexity index is 553. The van der Waals surface area contributed by atoms with E-state index in [2.05, 4.69) is 39.7 Å². The molecule has 0 spiro atoms. The normalized spacial score (nSPS) is 14.1. The number of nitrogens with zero attached hydrogens (tertiary/aromatic N) is 3. The Labute approximate surface area is 129 Å². The zero-order chi connectivity index (χ0) is 15.2. The minimum absolute atomic E-state index is 0.0579. The minimum Gasteiger partial charge on any atom is -0.406 e. The molecule has 6 nitrogen and oxygen atoms in total. The molecule has 0 aliphatic carbocycles. The first-order valence-corrected chi connectivity index (χ1v) is 8.23. The maximum atomic E-state index is 5.65. The number of nitrogens with one attached hydrogen (secondary N) is 2. The van der Waals surface area contributed by atoms with Gasteiger partial charge in [0.2, 0.25) is 5.89 Å². The first-order chi connectivity index (χ1) is 10.1. The Hall–Kier alpha value is -1.47. The van der Waals surface area contributed by atoms with Crippen LogP contribution in [0.5, 0.6) is 0 Å². The maximum absolute atomic E-state index is 5.65. The van der Waals surface area contributed by atoms with Crippen LogP contribution in [0.1, 0.15) is 62.0 Å². The van der Waals surface area contributed by atoms with Gasteiger partial charge >= 0.3 is 6.01 Å². The van der Waals surface area contributed by atoms with Crippen LogP contribution < -0.4 is 10.6 Å². The third-order valence-electron chi connectivity index (χ3n) is 3.14. The van der Waals surface area contributed by atoms with Gasteiger partial charge < -0.3 is 15.1 Å². The van der Waals surface area contributed by atoms with Crippen LogP contribution in [0.25, 0.3) is 0 Å². The van der Waals surface area contributed by atoms with Crippen LogP contribution in [-0.2, 0) is 6.42 Å². The van der Waals surface area contributed by atoms with E-state index in [1.165, 1.54) is 4.88 Å². The molecule has 2 unspecified atom stereocenters. The SMILES string of the molecule is CCCNC(C)c1nnc(NC(C)c2ncc(CC)s2)o1. The molecule has 0 aliphatic heterocycles. The molecule has 2 heterocycles. The molecular weight excluding hydrogens is 286 g/mol. The molecule has 0 aliphatic rings. The van der Waals surface area contributed by atoms with Gasteiger partial charge in [-0.05, 0) is 33.2 Å². The van der Waals surface area contributed by atoms with Gasteiger partial charge in [0.1, 0.15) is 5.01 Å². The molecule has 0 saturated carbocycles. The molecule has 0 saturated heterocycles. The van der Waals surface area contributed by atoms with Crippen molar-refractivity contribution in [3.63, 3.8) is 0 Å². The van der Waals surface area contributed by atoms with Gasteiger partial charge in [0.05, 0.1) is 12.1 Å². The van der Waals surface area contributed by atoms with Gasteiger partial charge in [-0.25, -0.2) is 4.98 Å². The molecular formula is C14H23N5OS. The predicted octanol–water partition coefficient (Wildman–Crippen LogP) is 3.32. The van der Waals surface area contributed by atoms with Crippen molar-refractivity contribution >= 4 is 17.4 Å². The average Bonchev–Trinajstić information content (AvgIpc) is 3.13. The second-order valence-corrected chi connectivity index (χ2v) is 6.15. The molecule has 0 fully saturated rings. The van der Waals surface area contributed by atoms with E-state index < -0.39 is 0 Å². The van der Waals surface area contributed by atoms with E-state index in [1.54, 1.807) is 11.3 Å². The lowest BCUT2D eigenvalue weighted by Crippen LogP contribution is -2.19. The van der Waals surface area contributed by atoms with Crippen molar-refractivity contribution in [2.75, 3.05) is 11.9 Å². The molecule has 2 atom stereocenters. The van der Waals surface area contributed by atoms with E-state index >= 15 is 0 Å². The lowest BCUT2D eigenvalue weighted by Gasteiger charge is -2.09. The van der Waals surface area contributed by atoms with Gasteiger partial charge in [-0.1, -0.05) is 18.9 Å². The Balaban J connectivity index is 1.95. The molecule has 2 N–H and O–H groups in total. The highest BCUT2D eigenvalue weighted by Gasteiger charge is 2.16. The topological polar surface area (TPSA) is 75.9 Å². The quantitative estimate of drug-likeness (QED) is 0.779. The predicted molar refractivity (Wildman–Crippen MR) is 84.5 cm³/mol. The molecule has 0 amide bonds.